The molecule has 0 aliphatic carbocycles. The Morgan fingerprint density at radius 2 is 1.64 bits per heavy atom. The Bertz CT molecular complexity index is 1180. The summed E-state index contributed by atoms with van der Waals surface area (Å²) in [4.78, 5) is 17.4. The van der Waals surface area contributed by atoms with E-state index in [1.807, 2.05) is 59.6 Å². The van der Waals surface area contributed by atoms with Crippen LogP contribution < -0.4 is 5.69 Å². The number of pyridine rings is 1. The molecule has 0 atom stereocenters. The number of hydrogen-bond acceptors (Lipinski definition) is 5. The molecular formula is C25H31N7O. The summed E-state index contributed by atoms with van der Waals surface area (Å²) in [5, 5.41) is 14.3. The van der Waals surface area contributed by atoms with Crippen molar-refractivity contribution < 1.29 is 0 Å². The number of unbranched alkanes of at least 4 members (excludes halogenated alkanes) is 6. The zero-order chi connectivity index (χ0) is 22.9. The topological polar surface area (TPSA) is 94.3 Å². The molecule has 8 heteroatoms. The first-order valence-corrected chi connectivity index (χ1v) is 11.8. The van der Waals surface area contributed by atoms with E-state index in [9.17, 15) is 4.79 Å². The molecule has 0 bridgehead atoms. The van der Waals surface area contributed by atoms with Gasteiger partial charge < -0.3 is 0 Å². The summed E-state index contributed by atoms with van der Waals surface area (Å²) in [6, 6.07) is 11.8. The van der Waals surface area contributed by atoms with Crippen LogP contribution in [0.2, 0.25) is 0 Å². The van der Waals surface area contributed by atoms with E-state index in [0.717, 1.165) is 35.3 Å². The molecule has 0 aliphatic heterocycles. The Labute approximate surface area is 193 Å². The molecular weight excluding hydrogens is 414 g/mol. The minimum Gasteiger partial charge on any atom is -0.299 e. The van der Waals surface area contributed by atoms with Gasteiger partial charge in [-0.3, -0.25) is 14.1 Å². The molecule has 0 saturated carbocycles. The van der Waals surface area contributed by atoms with Gasteiger partial charge >= 0.3 is 5.69 Å². The quantitative estimate of drug-likeness (QED) is 0.319. The summed E-state index contributed by atoms with van der Waals surface area (Å²) in [6.07, 6.45) is 14.3. The maximum absolute atomic E-state index is 12.7. The molecule has 8 nitrogen and oxygen atoms in total. The molecule has 1 aromatic carbocycles. The Balaban J connectivity index is 1.36. The summed E-state index contributed by atoms with van der Waals surface area (Å²) < 4.78 is 3.56. The van der Waals surface area contributed by atoms with Crippen LogP contribution in [0.25, 0.3) is 22.6 Å². The van der Waals surface area contributed by atoms with Crippen molar-refractivity contribution in [2.45, 2.75) is 65.0 Å². The number of tetrazole rings is 1. The average Bonchev–Trinajstić information content (AvgIpc) is 3.50. The molecule has 33 heavy (non-hydrogen) atoms. The van der Waals surface area contributed by atoms with Crippen LogP contribution in [0.15, 0.2) is 59.8 Å². The Morgan fingerprint density at radius 1 is 0.879 bits per heavy atom. The third kappa shape index (κ3) is 5.83. The van der Waals surface area contributed by atoms with Crippen LogP contribution in [-0.4, -0.2) is 34.7 Å². The van der Waals surface area contributed by atoms with Crippen molar-refractivity contribution >= 4 is 0 Å². The van der Waals surface area contributed by atoms with Gasteiger partial charge in [-0.1, -0.05) is 75.8 Å². The first kappa shape index (κ1) is 22.6. The Hall–Kier alpha value is -3.55. The van der Waals surface area contributed by atoms with Gasteiger partial charge in [0.25, 0.3) is 0 Å². The predicted molar refractivity (Wildman–Crippen MR) is 129 cm³/mol. The lowest BCUT2D eigenvalue weighted by atomic mass is 10.0. The van der Waals surface area contributed by atoms with E-state index in [1.165, 1.54) is 38.5 Å². The van der Waals surface area contributed by atoms with Gasteiger partial charge in [0, 0.05) is 36.3 Å². The van der Waals surface area contributed by atoms with Crippen LogP contribution in [0.1, 0.15) is 57.4 Å². The van der Waals surface area contributed by atoms with E-state index in [2.05, 4.69) is 32.5 Å². The lowest BCUT2D eigenvalue weighted by Gasteiger charge is -2.07. The fourth-order valence-electron chi connectivity index (χ4n) is 4.03. The summed E-state index contributed by atoms with van der Waals surface area (Å²) in [6.45, 7) is 3.52. The highest BCUT2D eigenvalue weighted by Gasteiger charge is 2.12. The van der Waals surface area contributed by atoms with Crippen LogP contribution in [0.4, 0.5) is 0 Å². The lowest BCUT2D eigenvalue weighted by molar-refractivity contribution is 0.537. The van der Waals surface area contributed by atoms with Gasteiger partial charge in [-0.2, -0.15) is 5.21 Å². The lowest BCUT2D eigenvalue weighted by Crippen LogP contribution is -2.24. The van der Waals surface area contributed by atoms with Gasteiger partial charge in [0.1, 0.15) is 0 Å². The molecule has 0 aliphatic rings. The minimum absolute atomic E-state index is 0.0347. The maximum Gasteiger partial charge on any atom is 0.328 e. The summed E-state index contributed by atoms with van der Waals surface area (Å²) in [5.74, 6) is 0.533. The smallest absolute Gasteiger partial charge is 0.299 e. The molecule has 4 rings (SSSR count). The predicted octanol–water partition coefficient (Wildman–Crippen LogP) is 4.69. The Morgan fingerprint density at radius 3 is 2.36 bits per heavy atom. The molecule has 0 saturated heterocycles. The normalized spacial score (nSPS) is 11.2. The van der Waals surface area contributed by atoms with Crippen LogP contribution in [0.5, 0.6) is 0 Å². The molecule has 0 unspecified atom stereocenters. The standard InChI is InChI=1S/C25H31N7O/c1-2-3-4-5-6-7-10-15-31-16-17-32(25(31)33)19-20-13-14-23(26-18-20)21-11-8-9-12-22(21)24-27-29-30-28-24/h8-9,11-14,16-18H,2-7,10,15,19H2,1H3,(H,27,28,29,30). The third-order valence-electron chi connectivity index (χ3n) is 5.89. The number of aromatic amines is 1. The average molecular weight is 446 g/mol. The number of imidazole rings is 1. The first-order chi connectivity index (χ1) is 16.3. The molecule has 0 radical (unpaired) electrons. The van der Waals surface area contributed by atoms with E-state index < -0.39 is 0 Å². The maximum atomic E-state index is 12.7. The Kier molecular flexibility index (Phi) is 7.79. The van der Waals surface area contributed by atoms with Crippen LogP contribution in [0.3, 0.4) is 0 Å². The molecule has 3 aromatic heterocycles. The number of nitrogens with zero attached hydrogens (tertiary/aromatic N) is 6. The van der Waals surface area contributed by atoms with Gasteiger partial charge in [-0.25, -0.2) is 4.79 Å². The number of nitrogens with one attached hydrogen (secondary N) is 1. The van der Waals surface area contributed by atoms with Gasteiger partial charge in [-0.05, 0) is 23.3 Å². The zero-order valence-corrected chi connectivity index (χ0v) is 19.2. The highest BCUT2D eigenvalue weighted by molar-refractivity contribution is 5.78. The fraction of sp³-hybridized carbons (Fsp3) is 0.400. The monoisotopic (exact) mass is 445 g/mol. The van der Waals surface area contributed by atoms with E-state index in [0.29, 0.717) is 12.4 Å². The number of hydrogen-bond donors (Lipinski definition) is 1. The highest BCUT2D eigenvalue weighted by Crippen LogP contribution is 2.28. The third-order valence-corrected chi connectivity index (χ3v) is 5.89. The summed E-state index contributed by atoms with van der Waals surface area (Å²) in [5.41, 5.74) is 3.63. The summed E-state index contributed by atoms with van der Waals surface area (Å²) >= 11 is 0. The van der Waals surface area contributed by atoms with Gasteiger partial charge in [0.15, 0.2) is 0 Å². The molecule has 0 fully saturated rings. The van der Waals surface area contributed by atoms with Gasteiger partial charge in [-0.15, -0.1) is 10.2 Å². The van der Waals surface area contributed by atoms with Gasteiger partial charge in [0.05, 0.1) is 12.2 Å². The molecule has 4 aromatic rings. The van der Waals surface area contributed by atoms with Crippen molar-refractivity contribution in [1.82, 2.24) is 34.7 Å². The van der Waals surface area contributed by atoms with Crippen LogP contribution >= 0.6 is 0 Å². The number of aromatic nitrogens is 7. The minimum atomic E-state index is 0.0347. The second kappa shape index (κ2) is 11.4. The molecule has 0 spiro atoms. The summed E-state index contributed by atoms with van der Waals surface area (Å²) in [7, 11) is 0. The number of aryl methyl sites for hydroxylation is 1. The molecule has 3 heterocycles. The first-order valence-electron chi connectivity index (χ1n) is 11.8. The van der Waals surface area contributed by atoms with Crippen molar-refractivity contribution in [2.24, 2.45) is 0 Å². The fourth-order valence-corrected chi connectivity index (χ4v) is 4.03. The van der Waals surface area contributed by atoms with Crippen molar-refractivity contribution in [1.29, 1.82) is 0 Å². The molecule has 1 N–H and O–H groups in total. The highest BCUT2D eigenvalue weighted by atomic mass is 16.1. The van der Waals surface area contributed by atoms with Crippen molar-refractivity contribution in [3.63, 3.8) is 0 Å². The van der Waals surface area contributed by atoms with Crippen LogP contribution in [-0.2, 0) is 13.1 Å². The van der Waals surface area contributed by atoms with E-state index in [1.54, 1.807) is 4.57 Å². The largest absolute Gasteiger partial charge is 0.328 e. The second-order valence-corrected chi connectivity index (χ2v) is 8.36. The molecule has 172 valence electrons. The van der Waals surface area contributed by atoms with Crippen molar-refractivity contribution in [2.75, 3.05) is 0 Å². The van der Waals surface area contributed by atoms with Crippen LogP contribution in [0, 0.1) is 0 Å². The second-order valence-electron chi connectivity index (χ2n) is 8.36. The molecule has 0 amide bonds. The van der Waals surface area contributed by atoms with Crippen molar-refractivity contribution in [3.05, 3.63) is 71.0 Å². The number of benzene rings is 1. The van der Waals surface area contributed by atoms with Gasteiger partial charge in [0.2, 0.25) is 5.82 Å². The number of H-pyrrole nitrogens is 1. The van der Waals surface area contributed by atoms with E-state index in [-0.39, 0.29) is 5.69 Å². The van der Waals surface area contributed by atoms with E-state index >= 15 is 0 Å². The zero-order valence-electron chi connectivity index (χ0n) is 19.2. The SMILES string of the molecule is CCCCCCCCCn1ccn(Cc2ccc(-c3ccccc3-c3nn[nH]n3)nc2)c1=O. The van der Waals surface area contributed by atoms with Crippen molar-refractivity contribution in [3.8, 4) is 22.6 Å². The number of rotatable bonds is 12. The van der Waals surface area contributed by atoms with E-state index in [4.69, 9.17) is 0 Å².